The molecule has 1 amide bonds. The van der Waals surface area contributed by atoms with Crippen molar-refractivity contribution < 1.29 is 14.3 Å². The first-order chi connectivity index (χ1) is 9.91. The van der Waals surface area contributed by atoms with Gasteiger partial charge in [0.15, 0.2) is 0 Å². The Hall–Kier alpha value is -1.62. The van der Waals surface area contributed by atoms with E-state index in [1.807, 2.05) is 20.8 Å². The molecular formula is C16H26N2O3. The molecule has 0 spiro atoms. The van der Waals surface area contributed by atoms with Gasteiger partial charge in [-0.15, -0.1) is 0 Å². The van der Waals surface area contributed by atoms with Crippen LogP contribution in [-0.2, 0) is 9.53 Å². The standard InChI is InChI=1S/C16H26N2O3/c1-6-20-14-9-8-13(11-17-14)18-15(19)16(5,21-7-2)10-12(3)4/h8-9,11-12H,6-7,10H2,1-5H3,(H,18,19)/t16-/m0/s1. The van der Waals surface area contributed by atoms with E-state index in [0.29, 0.717) is 37.1 Å². The van der Waals surface area contributed by atoms with Crippen LogP contribution < -0.4 is 10.1 Å². The average Bonchev–Trinajstić information content (AvgIpc) is 2.40. The maximum Gasteiger partial charge on any atom is 0.256 e. The summed E-state index contributed by atoms with van der Waals surface area (Å²) < 4.78 is 11.0. The highest BCUT2D eigenvalue weighted by Gasteiger charge is 2.34. The van der Waals surface area contributed by atoms with Crippen molar-refractivity contribution in [1.29, 1.82) is 0 Å². The topological polar surface area (TPSA) is 60.5 Å². The summed E-state index contributed by atoms with van der Waals surface area (Å²) in [6.07, 6.45) is 2.25. The number of nitrogens with one attached hydrogen (secondary N) is 1. The van der Waals surface area contributed by atoms with Crippen LogP contribution in [0.3, 0.4) is 0 Å². The zero-order chi connectivity index (χ0) is 15.9. The monoisotopic (exact) mass is 294 g/mol. The highest BCUT2D eigenvalue weighted by molar-refractivity contribution is 5.96. The van der Waals surface area contributed by atoms with Crippen molar-refractivity contribution in [3.63, 3.8) is 0 Å². The van der Waals surface area contributed by atoms with E-state index in [0.717, 1.165) is 0 Å². The zero-order valence-corrected chi connectivity index (χ0v) is 13.6. The van der Waals surface area contributed by atoms with Crippen molar-refractivity contribution in [2.24, 2.45) is 5.92 Å². The van der Waals surface area contributed by atoms with Gasteiger partial charge in [-0.05, 0) is 39.2 Å². The van der Waals surface area contributed by atoms with Gasteiger partial charge in [-0.2, -0.15) is 0 Å². The van der Waals surface area contributed by atoms with Crippen LogP contribution in [0.2, 0.25) is 0 Å². The number of hydrogen-bond donors (Lipinski definition) is 1. The van der Waals surface area contributed by atoms with Gasteiger partial charge in [0.2, 0.25) is 5.88 Å². The Bertz CT molecular complexity index is 445. The molecule has 1 atom stereocenters. The number of carbonyl (C=O) groups excluding carboxylic acids is 1. The summed E-state index contributed by atoms with van der Waals surface area (Å²) in [5.74, 6) is 0.764. The SMILES string of the molecule is CCOc1ccc(NC(=O)[C@](C)(CC(C)C)OCC)cn1. The highest BCUT2D eigenvalue weighted by Crippen LogP contribution is 2.23. The van der Waals surface area contributed by atoms with E-state index in [4.69, 9.17) is 9.47 Å². The lowest BCUT2D eigenvalue weighted by Crippen LogP contribution is -2.44. The molecule has 5 heteroatoms. The molecule has 5 nitrogen and oxygen atoms in total. The van der Waals surface area contributed by atoms with Gasteiger partial charge in [0.25, 0.3) is 5.91 Å². The molecular weight excluding hydrogens is 268 g/mol. The van der Waals surface area contributed by atoms with Gasteiger partial charge in [-0.3, -0.25) is 4.79 Å². The molecule has 0 aliphatic heterocycles. The largest absolute Gasteiger partial charge is 0.478 e. The maximum atomic E-state index is 12.5. The molecule has 0 aliphatic rings. The molecule has 0 radical (unpaired) electrons. The molecule has 118 valence electrons. The van der Waals surface area contributed by atoms with Gasteiger partial charge in [0.05, 0.1) is 18.5 Å². The molecule has 0 aliphatic carbocycles. The number of rotatable bonds is 8. The average molecular weight is 294 g/mol. The molecule has 1 rings (SSSR count). The Morgan fingerprint density at radius 1 is 1.33 bits per heavy atom. The molecule has 0 saturated carbocycles. The normalized spacial score (nSPS) is 13.8. The third-order valence-corrected chi connectivity index (χ3v) is 3.03. The van der Waals surface area contributed by atoms with Crippen LogP contribution in [0, 0.1) is 5.92 Å². The van der Waals surface area contributed by atoms with Crippen LogP contribution in [0.1, 0.15) is 41.0 Å². The highest BCUT2D eigenvalue weighted by atomic mass is 16.5. The second kappa shape index (κ2) is 7.98. The van der Waals surface area contributed by atoms with Crippen LogP contribution >= 0.6 is 0 Å². The van der Waals surface area contributed by atoms with E-state index in [9.17, 15) is 4.79 Å². The van der Waals surface area contributed by atoms with Crippen molar-refractivity contribution in [1.82, 2.24) is 4.98 Å². The number of carbonyl (C=O) groups is 1. The summed E-state index contributed by atoms with van der Waals surface area (Å²) in [4.78, 5) is 16.6. The lowest BCUT2D eigenvalue weighted by molar-refractivity contribution is -0.140. The van der Waals surface area contributed by atoms with Crippen molar-refractivity contribution in [2.75, 3.05) is 18.5 Å². The minimum absolute atomic E-state index is 0.149. The Morgan fingerprint density at radius 3 is 2.52 bits per heavy atom. The molecule has 1 aromatic heterocycles. The molecule has 1 aromatic rings. The van der Waals surface area contributed by atoms with Gasteiger partial charge in [0.1, 0.15) is 5.60 Å². The van der Waals surface area contributed by atoms with Gasteiger partial charge in [-0.1, -0.05) is 13.8 Å². The molecule has 1 N–H and O–H groups in total. The van der Waals surface area contributed by atoms with Gasteiger partial charge < -0.3 is 14.8 Å². The van der Waals surface area contributed by atoms with E-state index < -0.39 is 5.60 Å². The summed E-state index contributed by atoms with van der Waals surface area (Å²) >= 11 is 0. The Morgan fingerprint density at radius 2 is 2.05 bits per heavy atom. The smallest absolute Gasteiger partial charge is 0.256 e. The van der Waals surface area contributed by atoms with E-state index in [1.54, 1.807) is 18.3 Å². The molecule has 0 bridgehead atoms. The minimum atomic E-state index is -0.832. The van der Waals surface area contributed by atoms with Crippen molar-refractivity contribution >= 4 is 11.6 Å². The summed E-state index contributed by atoms with van der Waals surface area (Å²) in [7, 11) is 0. The zero-order valence-electron chi connectivity index (χ0n) is 13.6. The third kappa shape index (κ3) is 5.34. The first-order valence-electron chi connectivity index (χ1n) is 7.45. The molecule has 0 unspecified atom stereocenters. The van der Waals surface area contributed by atoms with Crippen molar-refractivity contribution in [3.05, 3.63) is 18.3 Å². The molecule has 21 heavy (non-hydrogen) atoms. The lowest BCUT2D eigenvalue weighted by Gasteiger charge is -2.29. The van der Waals surface area contributed by atoms with Gasteiger partial charge in [0, 0.05) is 12.7 Å². The predicted octanol–water partition coefficient (Wildman–Crippen LogP) is 3.26. The fraction of sp³-hybridized carbons (Fsp3) is 0.625. The molecule has 0 fully saturated rings. The number of nitrogens with zero attached hydrogens (tertiary/aromatic N) is 1. The summed E-state index contributed by atoms with van der Waals surface area (Å²) in [6, 6.07) is 3.51. The first kappa shape index (κ1) is 17.4. The Labute approximate surface area is 127 Å². The summed E-state index contributed by atoms with van der Waals surface area (Å²) in [5, 5.41) is 2.86. The molecule has 1 heterocycles. The third-order valence-electron chi connectivity index (χ3n) is 3.03. The van der Waals surface area contributed by atoms with E-state index in [-0.39, 0.29) is 5.91 Å². The maximum absolute atomic E-state index is 12.5. The van der Waals surface area contributed by atoms with Crippen LogP contribution in [0.5, 0.6) is 5.88 Å². The number of amides is 1. The van der Waals surface area contributed by atoms with Crippen LogP contribution in [-0.4, -0.2) is 29.7 Å². The van der Waals surface area contributed by atoms with Crippen LogP contribution in [0.25, 0.3) is 0 Å². The summed E-state index contributed by atoms with van der Waals surface area (Å²) in [5.41, 5.74) is -0.195. The van der Waals surface area contributed by atoms with Crippen LogP contribution in [0.15, 0.2) is 18.3 Å². The fourth-order valence-corrected chi connectivity index (χ4v) is 2.27. The Balaban J connectivity index is 2.76. The van der Waals surface area contributed by atoms with Gasteiger partial charge >= 0.3 is 0 Å². The quantitative estimate of drug-likeness (QED) is 0.799. The first-order valence-corrected chi connectivity index (χ1v) is 7.45. The van der Waals surface area contributed by atoms with Crippen LogP contribution in [0.4, 0.5) is 5.69 Å². The minimum Gasteiger partial charge on any atom is -0.478 e. The summed E-state index contributed by atoms with van der Waals surface area (Å²) in [6.45, 7) is 10.8. The number of ether oxygens (including phenoxy) is 2. The molecule has 0 aromatic carbocycles. The van der Waals surface area contributed by atoms with E-state index >= 15 is 0 Å². The van der Waals surface area contributed by atoms with E-state index in [1.165, 1.54) is 0 Å². The number of hydrogen-bond acceptors (Lipinski definition) is 4. The number of anilines is 1. The van der Waals surface area contributed by atoms with E-state index in [2.05, 4.69) is 24.1 Å². The van der Waals surface area contributed by atoms with Gasteiger partial charge in [-0.25, -0.2) is 4.98 Å². The lowest BCUT2D eigenvalue weighted by atomic mass is 9.93. The number of aromatic nitrogens is 1. The Kier molecular flexibility index (Phi) is 6.62. The second-order valence-corrected chi connectivity index (χ2v) is 5.53. The fourth-order valence-electron chi connectivity index (χ4n) is 2.27. The van der Waals surface area contributed by atoms with Crippen molar-refractivity contribution in [3.8, 4) is 5.88 Å². The van der Waals surface area contributed by atoms with Crippen molar-refractivity contribution in [2.45, 2.75) is 46.6 Å². The molecule has 0 saturated heterocycles. The number of pyridine rings is 1. The predicted molar refractivity (Wildman–Crippen MR) is 83.5 cm³/mol. The second-order valence-electron chi connectivity index (χ2n) is 5.53.